The van der Waals surface area contributed by atoms with Crippen LogP contribution < -0.4 is 10.6 Å². The Balaban J connectivity index is 1.80. The summed E-state index contributed by atoms with van der Waals surface area (Å²) in [6, 6.07) is 6.70. The molecule has 1 aliphatic heterocycles. The van der Waals surface area contributed by atoms with Gasteiger partial charge in [-0.2, -0.15) is 41.3 Å². The average molecular weight is 510 g/mol. The number of anilines is 3. The second kappa shape index (κ2) is 10.1. The van der Waals surface area contributed by atoms with E-state index in [2.05, 4.69) is 30.6 Å². The summed E-state index contributed by atoms with van der Waals surface area (Å²) in [7, 11) is 0. The van der Waals surface area contributed by atoms with Gasteiger partial charge in [-0.1, -0.05) is 18.2 Å². The Morgan fingerprint density at radius 1 is 0.889 bits per heavy atom. The van der Waals surface area contributed by atoms with Gasteiger partial charge in [0.15, 0.2) is 5.82 Å². The number of alkyl halides is 6. The van der Waals surface area contributed by atoms with Gasteiger partial charge >= 0.3 is 12.4 Å². The molecule has 4 bridgehead atoms. The maximum atomic E-state index is 13.5. The van der Waals surface area contributed by atoms with Gasteiger partial charge in [0, 0.05) is 12.2 Å². The van der Waals surface area contributed by atoms with Crippen LogP contribution in [-0.2, 0) is 23.5 Å². The highest BCUT2D eigenvalue weighted by atomic mass is 19.4. The zero-order valence-corrected chi connectivity index (χ0v) is 18.8. The van der Waals surface area contributed by atoms with Gasteiger partial charge in [0.2, 0.25) is 11.9 Å². The number of allylic oxidation sites excluding steroid dienone is 1. The Morgan fingerprint density at radius 2 is 1.67 bits per heavy atom. The summed E-state index contributed by atoms with van der Waals surface area (Å²) < 4.78 is 85.7. The van der Waals surface area contributed by atoms with Crippen LogP contribution in [0, 0.1) is 0 Å². The molecule has 0 saturated heterocycles. The van der Waals surface area contributed by atoms with Crippen LogP contribution in [0.4, 0.5) is 43.9 Å². The summed E-state index contributed by atoms with van der Waals surface area (Å²) in [6.07, 6.45) is -5.96. The third kappa shape index (κ3) is 6.47. The highest BCUT2D eigenvalue weighted by molar-refractivity contribution is 5.60. The van der Waals surface area contributed by atoms with Gasteiger partial charge in [-0.25, -0.2) is 4.98 Å². The van der Waals surface area contributed by atoms with E-state index in [9.17, 15) is 26.3 Å². The minimum Gasteiger partial charge on any atom is -0.373 e. The highest BCUT2D eigenvalue weighted by Crippen LogP contribution is 2.33. The molecule has 0 amide bonds. The van der Waals surface area contributed by atoms with E-state index in [1.165, 1.54) is 12.1 Å². The monoisotopic (exact) mass is 510 g/mol. The molecule has 1 atom stereocenters. The van der Waals surface area contributed by atoms with Gasteiger partial charge in [0.05, 0.1) is 18.3 Å². The molecule has 1 aliphatic rings. The first kappa shape index (κ1) is 25.4. The number of fused-ring (bicyclic) bond motifs is 4. The lowest BCUT2D eigenvalue weighted by atomic mass is 10.1. The van der Waals surface area contributed by atoms with Crippen LogP contribution in [0.2, 0.25) is 0 Å². The summed E-state index contributed by atoms with van der Waals surface area (Å²) in [5.74, 6) is -0.395. The molecule has 190 valence electrons. The van der Waals surface area contributed by atoms with Crippen LogP contribution >= 0.6 is 0 Å². The molecule has 36 heavy (non-hydrogen) atoms. The first-order chi connectivity index (χ1) is 17.0. The molecular formula is C23H20F6N6O. The molecule has 1 unspecified atom stereocenters. The number of nitrogens with zero attached hydrogens (tertiary/aromatic N) is 4. The van der Waals surface area contributed by atoms with Gasteiger partial charge in [0.1, 0.15) is 11.4 Å². The summed E-state index contributed by atoms with van der Waals surface area (Å²) in [5.41, 5.74) is -1.78. The Kier molecular flexibility index (Phi) is 7.11. The third-order valence-electron chi connectivity index (χ3n) is 5.03. The number of ether oxygens (including phenoxy) is 1. The molecule has 7 nitrogen and oxygen atoms in total. The van der Waals surface area contributed by atoms with E-state index >= 15 is 0 Å². The molecule has 2 N–H and O–H groups in total. The first-order valence-corrected chi connectivity index (χ1v) is 10.8. The van der Waals surface area contributed by atoms with Crippen molar-refractivity contribution in [1.82, 2.24) is 19.9 Å². The van der Waals surface area contributed by atoms with Crippen LogP contribution in [0.5, 0.6) is 0 Å². The summed E-state index contributed by atoms with van der Waals surface area (Å²) >= 11 is 0. The number of hydrogen-bond acceptors (Lipinski definition) is 7. The molecule has 4 rings (SSSR count). The van der Waals surface area contributed by atoms with Crippen molar-refractivity contribution >= 4 is 17.6 Å². The third-order valence-corrected chi connectivity index (χ3v) is 5.03. The van der Waals surface area contributed by atoms with Crippen molar-refractivity contribution in [2.45, 2.75) is 31.8 Å². The lowest BCUT2D eigenvalue weighted by molar-refractivity contribution is -0.141. The van der Waals surface area contributed by atoms with E-state index in [0.717, 1.165) is 24.3 Å². The van der Waals surface area contributed by atoms with Crippen molar-refractivity contribution in [1.29, 1.82) is 0 Å². The standard InChI is InChI=1S/C23H20F6N6O/c1-13-12-30-20-33-19(17-6-4-7-18(32-17)23(27,28)29)34-21(35-20)31-16-10-14(5-2-3-8-36-13)9-15(11-16)22(24,25)26/h2-4,6-7,9-11,13H,5,8,12H2,1H3,(H2,30,31,33,34,35)/b3-2-. The Hall–Kier alpha value is -3.74. The molecule has 0 aliphatic carbocycles. The fourth-order valence-corrected chi connectivity index (χ4v) is 3.32. The van der Waals surface area contributed by atoms with Crippen LogP contribution in [0.3, 0.4) is 0 Å². The summed E-state index contributed by atoms with van der Waals surface area (Å²) in [6.45, 7) is 2.26. The van der Waals surface area contributed by atoms with E-state index in [-0.39, 0.29) is 54.8 Å². The lowest BCUT2D eigenvalue weighted by Gasteiger charge is -2.15. The number of aromatic nitrogens is 4. The number of hydrogen-bond donors (Lipinski definition) is 2. The average Bonchev–Trinajstić information content (AvgIpc) is 2.81. The first-order valence-electron chi connectivity index (χ1n) is 10.8. The van der Waals surface area contributed by atoms with E-state index in [1.54, 1.807) is 19.1 Å². The minimum absolute atomic E-state index is 0.0187. The maximum Gasteiger partial charge on any atom is 0.433 e. The number of nitrogens with one attached hydrogen (secondary N) is 2. The van der Waals surface area contributed by atoms with Gasteiger partial charge < -0.3 is 15.4 Å². The predicted molar refractivity (Wildman–Crippen MR) is 120 cm³/mol. The van der Waals surface area contributed by atoms with Gasteiger partial charge in [-0.3, -0.25) is 0 Å². The van der Waals surface area contributed by atoms with Crippen LogP contribution in [0.15, 0.2) is 48.6 Å². The van der Waals surface area contributed by atoms with Crippen molar-refractivity contribution in [3.8, 4) is 11.5 Å². The number of benzene rings is 1. The van der Waals surface area contributed by atoms with Gasteiger partial charge in [-0.15, -0.1) is 0 Å². The maximum absolute atomic E-state index is 13.5. The normalized spacial score (nSPS) is 17.8. The minimum atomic E-state index is -4.69. The molecule has 3 aromatic rings. The molecule has 0 fully saturated rings. The Labute approximate surface area is 201 Å². The van der Waals surface area contributed by atoms with Gasteiger partial charge in [-0.05, 0) is 49.2 Å². The van der Waals surface area contributed by atoms with E-state index in [1.807, 2.05) is 0 Å². The van der Waals surface area contributed by atoms with Crippen molar-refractivity contribution < 1.29 is 31.1 Å². The molecular weight excluding hydrogens is 490 g/mol. The summed E-state index contributed by atoms with van der Waals surface area (Å²) in [4.78, 5) is 16.0. The molecule has 0 radical (unpaired) electrons. The number of halogens is 6. The van der Waals surface area contributed by atoms with Crippen LogP contribution in [0.25, 0.3) is 11.5 Å². The fourth-order valence-electron chi connectivity index (χ4n) is 3.32. The lowest BCUT2D eigenvalue weighted by Crippen LogP contribution is -2.21. The quantitative estimate of drug-likeness (QED) is 0.324. The molecule has 3 heterocycles. The predicted octanol–water partition coefficient (Wildman–Crippen LogP) is 5.64. The largest absolute Gasteiger partial charge is 0.433 e. The molecule has 1 aromatic carbocycles. The fraction of sp³-hybridized carbons (Fsp3) is 0.304. The zero-order valence-electron chi connectivity index (χ0n) is 18.8. The SMILES string of the molecule is CC1CNc2nc(nc(-c3cccc(C(F)(F)F)n3)n2)Nc2cc(cc(C(F)(F)F)c2)C/C=C\CO1. The van der Waals surface area contributed by atoms with Gasteiger partial charge in [0.25, 0.3) is 0 Å². The Morgan fingerprint density at radius 3 is 2.42 bits per heavy atom. The van der Waals surface area contributed by atoms with E-state index in [4.69, 9.17) is 4.74 Å². The van der Waals surface area contributed by atoms with Crippen LogP contribution in [0.1, 0.15) is 23.7 Å². The number of rotatable bonds is 1. The molecule has 2 aromatic heterocycles. The smallest absolute Gasteiger partial charge is 0.373 e. The zero-order chi connectivity index (χ0) is 25.9. The van der Waals surface area contributed by atoms with Crippen molar-refractivity contribution in [2.24, 2.45) is 0 Å². The van der Waals surface area contributed by atoms with Crippen molar-refractivity contribution in [2.75, 3.05) is 23.8 Å². The number of pyridine rings is 1. The van der Waals surface area contributed by atoms with Crippen molar-refractivity contribution in [3.63, 3.8) is 0 Å². The second-order valence-corrected chi connectivity index (χ2v) is 7.95. The van der Waals surface area contributed by atoms with E-state index in [0.29, 0.717) is 5.56 Å². The molecule has 13 heteroatoms. The second-order valence-electron chi connectivity index (χ2n) is 7.95. The van der Waals surface area contributed by atoms with Crippen LogP contribution in [-0.4, -0.2) is 39.2 Å². The summed E-state index contributed by atoms with van der Waals surface area (Å²) in [5, 5.41) is 5.64. The molecule has 0 spiro atoms. The van der Waals surface area contributed by atoms with Crippen molar-refractivity contribution in [3.05, 3.63) is 65.4 Å². The Bertz CT molecular complexity index is 1260. The topological polar surface area (TPSA) is 84.9 Å². The molecule has 0 saturated carbocycles. The highest BCUT2D eigenvalue weighted by Gasteiger charge is 2.33. The van der Waals surface area contributed by atoms with E-state index < -0.39 is 23.6 Å².